The van der Waals surface area contributed by atoms with E-state index in [9.17, 15) is 14.7 Å². The number of methoxy groups -OCH3 is 1. The van der Waals surface area contributed by atoms with Crippen molar-refractivity contribution in [3.63, 3.8) is 0 Å². The number of carboxylic acids is 1. The Labute approximate surface area is 189 Å². The molecule has 1 aliphatic carbocycles. The number of carbonyl (C=O) groups is 1. The van der Waals surface area contributed by atoms with Crippen LogP contribution in [0.5, 0.6) is 5.75 Å². The molecule has 0 amide bonds. The molecule has 1 aromatic carbocycles. The van der Waals surface area contributed by atoms with Gasteiger partial charge < -0.3 is 24.1 Å². The number of imidazole rings is 1. The van der Waals surface area contributed by atoms with Crippen LogP contribution in [0.15, 0.2) is 35.1 Å². The fraction of sp³-hybridized carbons (Fsp3) is 0.458. The van der Waals surface area contributed by atoms with Gasteiger partial charge in [0.2, 0.25) is 5.56 Å². The number of likely N-dealkylation sites (tertiary alicyclic amines) is 1. The average Bonchev–Trinajstić information content (AvgIpc) is 3.09. The number of benzene rings is 1. The number of aromatic nitrogens is 3. The van der Waals surface area contributed by atoms with Gasteiger partial charge in [-0.15, -0.1) is 0 Å². The quantitative estimate of drug-likeness (QED) is 0.567. The highest BCUT2D eigenvalue weighted by molar-refractivity contribution is 5.95. The maximum absolute atomic E-state index is 11.7. The molecule has 0 radical (unpaired) electrons. The Morgan fingerprint density at radius 3 is 2.73 bits per heavy atom. The van der Waals surface area contributed by atoms with E-state index in [-0.39, 0.29) is 17.2 Å². The van der Waals surface area contributed by atoms with Gasteiger partial charge in [0, 0.05) is 37.4 Å². The molecule has 1 unspecified atom stereocenters. The number of rotatable bonds is 7. The van der Waals surface area contributed by atoms with Crippen molar-refractivity contribution in [1.82, 2.24) is 19.4 Å². The van der Waals surface area contributed by atoms with Crippen LogP contribution in [0, 0.1) is 11.8 Å². The number of ether oxygens (including phenoxy) is 2. The number of hydrogen-bond donors (Lipinski definition) is 2. The predicted octanol–water partition coefficient (Wildman–Crippen LogP) is 2.07. The number of carboxylic acid groups (broad SMARTS) is 1. The highest BCUT2D eigenvalue weighted by Crippen LogP contribution is 2.57. The zero-order chi connectivity index (χ0) is 22.7. The number of H-pyrrole nitrogens is 1. The number of aromatic amines is 1. The third kappa shape index (κ3) is 3.52. The van der Waals surface area contributed by atoms with E-state index in [2.05, 4.69) is 14.5 Å². The average molecular weight is 450 g/mol. The van der Waals surface area contributed by atoms with Crippen molar-refractivity contribution in [3.05, 3.63) is 57.8 Å². The Bertz CT molecular complexity index is 1280. The van der Waals surface area contributed by atoms with Crippen LogP contribution in [-0.4, -0.2) is 63.4 Å². The highest BCUT2D eigenvalue weighted by Gasteiger charge is 2.56. The molecular formula is C24H26N4O5. The minimum Gasteiger partial charge on any atom is -0.494 e. The molecule has 2 aliphatic heterocycles. The molecule has 3 aromatic rings. The van der Waals surface area contributed by atoms with E-state index in [0.29, 0.717) is 42.1 Å². The molecule has 0 spiro atoms. The van der Waals surface area contributed by atoms with Crippen LogP contribution in [0.3, 0.4) is 0 Å². The van der Waals surface area contributed by atoms with Crippen LogP contribution in [0.2, 0.25) is 0 Å². The lowest BCUT2D eigenvalue weighted by atomic mass is 10.1. The van der Waals surface area contributed by atoms with Crippen molar-refractivity contribution in [2.75, 3.05) is 26.8 Å². The first-order chi connectivity index (χ1) is 16.0. The zero-order valence-electron chi connectivity index (χ0n) is 18.4. The van der Waals surface area contributed by atoms with Gasteiger partial charge in [-0.1, -0.05) is 6.07 Å². The molecule has 9 heteroatoms. The summed E-state index contributed by atoms with van der Waals surface area (Å²) in [6.07, 6.45) is 1.10. The van der Waals surface area contributed by atoms with Crippen molar-refractivity contribution < 1.29 is 19.4 Å². The number of nitrogens with zero attached hydrogens (tertiary/aromatic N) is 3. The number of aromatic carboxylic acids is 1. The van der Waals surface area contributed by atoms with Crippen LogP contribution in [-0.2, 0) is 17.8 Å². The zero-order valence-corrected chi connectivity index (χ0v) is 18.4. The molecule has 2 saturated heterocycles. The van der Waals surface area contributed by atoms with Gasteiger partial charge in [-0.3, -0.25) is 9.69 Å². The van der Waals surface area contributed by atoms with Gasteiger partial charge in [-0.25, -0.2) is 9.78 Å². The molecule has 2 aromatic heterocycles. The summed E-state index contributed by atoms with van der Waals surface area (Å²) in [6.45, 7) is 3.99. The van der Waals surface area contributed by atoms with E-state index in [4.69, 9.17) is 14.5 Å². The number of hydrogen-bond acceptors (Lipinski definition) is 6. The Morgan fingerprint density at radius 2 is 2.09 bits per heavy atom. The minimum atomic E-state index is -0.992. The molecular weight excluding hydrogens is 424 g/mol. The smallest absolute Gasteiger partial charge is 0.335 e. The predicted molar refractivity (Wildman–Crippen MR) is 120 cm³/mol. The summed E-state index contributed by atoms with van der Waals surface area (Å²) in [7, 11) is 1.54. The van der Waals surface area contributed by atoms with Crippen LogP contribution in [0.4, 0.5) is 0 Å². The molecule has 4 heterocycles. The van der Waals surface area contributed by atoms with Gasteiger partial charge >= 0.3 is 5.97 Å². The Morgan fingerprint density at radius 1 is 1.30 bits per heavy atom. The van der Waals surface area contributed by atoms with Crippen molar-refractivity contribution in [1.29, 1.82) is 0 Å². The second kappa shape index (κ2) is 7.71. The normalized spacial score (nSPS) is 26.2. The van der Waals surface area contributed by atoms with E-state index < -0.39 is 5.97 Å². The lowest BCUT2D eigenvalue weighted by molar-refractivity contribution is -0.0591. The summed E-state index contributed by atoms with van der Waals surface area (Å²) in [4.78, 5) is 33.6. The molecule has 9 nitrogen and oxygen atoms in total. The van der Waals surface area contributed by atoms with E-state index in [0.717, 1.165) is 43.2 Å². The molecule has 4 atom stereocenters. The number of piperidine rings is 1. The summed E-state index contributed by atoms with van der Waals surface area (Å²) >= 11 is 0. The molecule has 1 saturated carbocycles. The van der Waals surface area contributed by atoms with Crippen LogP contribution in [0.25, 0.3) is 11.0 Å². The fourth-order valence-electron chi connectivity index (χ4n) is 5.54. The van der Waals surface area contributed by atoms with Crippen molar-refractivity contribution in [2.24, 2.45) is 11.8 Å². The van der Waals surface area contributed by atoms with E-state index in [1.807, 2.05) is 12.1 Å². The first-order valence-corrected chi connectivity index (χ1v) is 11.4. The monoisotopic (exact) mass is 450 g/mol. The van der Waals surface area contributed by atoms with Crippen LogP contribution >= 0.6 is 0 Å². The largest absolute Gasteiger partial charge is 0.494 e. The Kier molecular flexibility index (Phi) is 4.77. The topological polar surface area (TPSA) is 110 Å². The van der Waals surface area contributed by atoms with Crippen molar-refractivity contribution in [3.8, 4) is 5.75 Å². The van der Waals surface area contributed by atoms with Crippen molar-refractivity contribution >= 4 is 17.0 Å². The minimum absolute atomic E-state index is 0.0454. The SMILES string of the molecule is COc1cc(C(=O)O)cc2c1nc(CN1C[C@@H]3C(c4cccc(=O)[nH]4)[C@@H]3C1)n2C[C@@H]1CCO1. The molecule has 6 rings (SSSR count). The van der Waals surface area contributed by atoms with E-state index in [1.165, 1.54) is 13.2 Å². The molecule has 3 aliphatic rings. The summed E-state index contributed by atoms with van der Waals surface area (Å²) in [5.74, 6) is 1.89. The van der Waals surface area contributed by atoms with Gasteiger partial charge in [-0.05, 0) is 36.5 Å². The fourth-order valence-corrected chi connectivity index (χ4v) is 5.54. The van der Waals surface area contributed by atoms with Gasteiger partial charge in [0.05, 0.1) is 37.4 Å². The first-order valence-electron chi connectivity index (χ1n) is 11.4. The van der Waals surface area contributed by atoms with E-state index >= 15 is 0 Å². The van der Waals surface area contributed by atoms with Gasteiger partial charge in [-0.2, -0.15) is 0 Å². The molecule has 3 fully saturated rings. The Hall–Kier alpha value is -3.17. The first kappa shape index (κ1) is 20.4. The van der Waals surface area contributed by atoms with Crippen molar-refractivity contribution in [2.45, 2.75) is 31.5 Å². The van der Waals surface area contributed by atoms with Gasteiger partial charge in [0.15, 0.2) is 0 Å². The summed E-state index contributed by atoms with van der Waals surface area (Å²) in [6, 6.07) is 8.59. The number of nitrogens with one attached hydrogen (secondary N) is 1. The molecule has 172 valence electrons. The lowest BCUT2D eigenvalue weighted by Crippen LogP contribution is -2.33. The maximum Gasteiger partial charge on any atom is 0.335 e. The standard InChI is InChI=1S/C24H26N4O5/c1-32-19-8-13(24(30)31)7-18-23(19)26-20(28(18)9-14-5-6-33-14)12-27-10-15-16(11-27)22(15)17-3-2-4-21(29)25-17/h2-4,7-8,14-16,22H,5-6,9-12H2,1H3,(H,25,29)(H,30,31)/t14-,15-,16+,22?/m0/s1. The summed E-state index contributed by atoms with van der Waals surface area (Å²) in [5.41, 5.74) is 2.62. The lowest BCUT2D eigenvalue weighted by Gasteiger charge is -2.28. The number of pyridine rings is 1. The summed E-state index contributed by atoms with van der Waals surface area (Å²) < 4.78 is 13.3. The number of fused-ring (bicyclic) bond motifs is 2. The maximum atomic E-state index is 11.7. The second-order valence-corrected chi connectivity index (χ2v) is 9.29. The second-order valence-electron chi connectivity index (χ2n) is 9.29. The van der Waals surface area contributed by atoms with Gasteiger partial charge in [0.1, 0.15) is 17.1 Å². The highest BCUT2D eigenvalue weighted by atomic mass is 16.5. The molecule has 2 N–H and O–H groups in total. The third-order valence-corrected chi connectivity index (χ3v) is 7.33. The third-order valence-electron chi connectivity index (χ3n) is 7.33. The molecule has 33 heavy (non-hydrogen) atoms. The Balaban J connectivity index is 1.27. The van der Waals surface area contributed by atoms with Crippen LogP contribution < -0.4 is 10.3 Å². The summed E-state index contributed by atoms with van der Waals surface area (Å²) in [5, 5.41) is 9.56. The van der Waals surface area contributed by atoms with Crippen LogP contribution in [0.1, 0.15) is 34.2 Å². The van der Waals surface area contributed by atoms with Gasteiger partial charge in [0.25, 0.3) is 0 Å². The van der Waals surface area contributed by atoms with E-state index in [1.54, 1.807) is 12.1 Å². The molecule has 0 bridgehead atoms.